The van der Waals surface area contributed by atoms with E-state index in [9.17, 15) is 4.79 Å². The summed E-state index contributed by atoms with van der Waals surface area (Å²) in [4.78, 5) is 14.8. The second kappa shape index (κ2) is 7.85. The number of carbonyl (C=O) groups is 1. The normalized spacial score (nSPS) is 22.3. The lowest BCUT2D eigenvalue weighted by Crippen LogP contribution is -2.42. The highest BCUT2D eigenvalue weighted by Gasteiger charge is 2.30. The van der Waals surface area contributed by atoms with Crippen molar-refractivity contribution in [3.63, 3.8) is 0 Å². The van der Waals surface area contributed by atoms with Crippen LogP contribution in [0.25, 0.3) is 0 Å². The number of amides is 1. The van der Waals surface area contributed by atoms with E-state index in [2.05, 4.69) is 23.1 Å². The molecule has 0 N–H and O–H groups in total. The van der Waals surface area contributed by atoms with E-state index < -0.39 is 0 Å². The molecule has 0 spiro atoms. The molecule has 23 heavy (non-hydrogen) atoms. The van der Waals surface area contributed by atoms with E-state index in [4.69, 9.17) is 4.74 Å². The van der Waals surface area contributed by atoms with Crippen molar-refractivity contribution in [1.29, 1.82) is 0 Å². The number of carbonyl (C=O) groups excluding carboxylic acids is 1. The van der Waals surface area contributed by atoms with E-state index in [1.165, 1.54) is 37.7 Å². The van der Waals surface area contributed by atoms with Gasteiger partial charge in [-0.3, -0.25) is 4.79 Å². The zero-order valence-electron chi connectivity index (χ0n) is 14.3. The first-order valence-electron chi connectivity index (χ1n) is 9.18. The van der Waals surface area contributed by atoms with Crippen LogP contribution in [0.15, 0.2) is 24.3 Å². The minimum atomic E-state index is 0.326. The maximum Gasteiger partial charge on any atom is 0.225 e. The average molecular weight is 315 g/mol. The summed E-state index contributed by atoms with van der Waals surface area (Å²) in [5, 5.41) is 0. The predicted octanol–water partition coefficient (Wildman–Crippen LogP) is 4.06. The molecule has 2 fully saturated rings. The molecule has 1 saturated carbocycles. The lowest BCUT2D eigenvalue weighted by molar-refractivity contribution is -0.137. The molecule has 0 aromatic heterocycles. The van der Waals surface area contributed by atoms with Gasteiger partial charge in [-0.2, -0.15) is 0 Å². The molecule has 3 rings (SSSR count). The van der Waals surface area contributed by atoms with Crippen LogP contribution in [0, 0.1) is 11.8 Å². The van der Waals surface area contributed by atoms with E-state index in [0.717, 1.165) is 38.1 Å². The fourth-order valence-corrected chi connectivity index (χ4v) is 4.13. The number of ether oxygens (including phenoxy) is 1. The van der Waals surface area contributed by atoms with Crippen LogP contribution in [0.3, 0.4) is 0 Å². The van der Waals surface area contributed by atoms with Crippen LogP contribution in [-0.2, 0) is 11.2 Å². The van der Waals surface area contributed by atoms with E-state index in [0.29, 0.717) is 17.7 Å². The molecule has 1 heterocycles. The topological polar surface area (TPSA) is 29.5 Å². The van der Waals surface area contributed by atoms with Gasteiger partial charge in [-0.05, 0) is 62.1 Å². The molecular weight excluding hydrogens is 286 g/mol. The highest BCUT2D eigenvalue weighted by molar-refractivity contribution is 5.79. The summed E-state index contributed by atoms with van der Waals surface area (Å²) >= 11 is 0. The van der Waals surface area contributed by atoms with Crippen molar-refractivity contribution in [3.05, 3.63) is 29.8 Å². The lowest BCUT2D eigenvalue weighted by Gasteiger charge is -2.34. The molecule has 1 amide bonds. The predicted molar refractivity (Wildman–Crippen MR) is 92.6 cm³/mol. The maximum atomic E-state index is 12.6. The smallest absolute Gasteiger partial charge is 0.225 e. The summed E-state index contributed by atoms with van der Waals surface area (Å²) in [5.74, 6) is 2.35. The molecule has 0 radical (unpaired) electrons. The van der Waals surface area contributed by atoms with E-state index in [1.54, 1.807) is 7.11 Å². The molecule has 126 valence electrons. The molecule has 0 unspecified atom stereocenters. The van der Waals surface area contributed by atoms with Gasteiger partial charge < -0.3 is 9.64 Å². The number of likely N-dealkylation sites (tertiary alicyclic amines) is 1. The Morgan fingerprint density at radius 1 is 1.22 bits per heavy atom. The number of aryl methyl sites for hydroxylation is 1. The molecule has 3 nitrogen and oxygen atoms in total. The Hall–Kier alpha value is -1.51. The molecule has 1 aliphatic heterocycles. The van der Waals surface area contributed by atoms with Gasteiger partial charge >= 0.3 is 0 Å². The monoisotopic (exact) mass is 315 g/mol. The van der Waals surface area contributed by atoms with Crippen LogP contribution >= 0.6 is 0 Å². The van der Waals surface area contributed by atoms with Crippen LogP contribution in [0.2, 0.25) is 0 Å². The first-order chi connectivity index (χ1) is 11.3. The molecule has 2 aliphatic rings. The zero-order chi connectivity index (χ0) is 16.1. The van der Waals surface area contributed by atoms with Crippen molar-refractivity contribution in [1.82, 2.24) is 4.90 Å². The Balaban J connectivity index is 1.51. The third kappa shape index (κ3) is 4.27. The molecule has 1 aromatic rings. The summed E-state index contributed by atoms with van der Waals surface area (Å²) in [5.41, 5.74) is 1.34. The molecule has 1 atom stereocenters. The third-order valence-corrected chi connectivity index (χ3v) is 5.51. The van der Waals surface area contributed by atoms with Crippen molar-refractivity contribution >= 4 is 5.91 Å². The fourth-order valence-electron chi connectivity index (χ4n) is 4.13. The largest absolute Gasteiger partial charge is 0.497 e. The van der Waals surface area contributed by atoms with Gasteiger partial charge in [0.05, 0.1) is 7.11 Å². The van der Waals surface area contributed by atoms with Crippen molar-refractivity contribution in [2.24, 2.45) is 11.8 Å². The lowest BCUT2D eigenvalue weighted by atomic mass is 9.90. The Morgan fingerprint density at radius 2 is 2.04 bits per heavy atom. The van der Waals surface area contributed by atoms with Crippen molar-refractivity contribution < 1.29 is 9.53 Å². The highest BCUT2D eigenvalue weighted by Crippen LogP contribution is 2.29. The molecule has 1 aromatic carbocycles. The van der Waals surface area contributed by atoms with Crippen molar-refractivity contribution in [2.75, 3.05) is 20.2 Å². The Bertz CT molecular complexity index is 522. The SMILES string of the molecule is COc1cccc(CC[C@H]2CCCN(C(=O)C3CCCC3)C2)c1. The summed E-state index contributed by atoms with van der Waals surface area (Å²) in [6.07, 6.45) is 9.38. The average Bonchev–Trinajstić information content (AvgIpc) is 3.14. The number of rotatable bonds is 5. The summed E-state index contributed by atoms with van der Waals surface area (Å²) < 4.78 is 5.30. The van der Waals surface area contributed by atoms with Gasteiger partial charge in [0.25, 0.3) is 0 Å². The fraction of sp³-hybridized carbons (Fsp3) is 0.650. The number of nitrogens with zero attached hydrogens (tertiary/aromatic N) is 1. The molecule has 1 saturated heterocycles. The standard InChI is InChI=1S/C20H29NO2/c1-23-19-10-4-6-16(14-19)11-12-17-7-5-13-21(15-17)20(22)18-8-2-3-9-18/h4,6,10,14,17-18H,2-3,5,7-9,11-13,15H2,1H3/t17-/m1/s1. The van der Waals surface area contributed by atoms with Crippen LogP contribution in [0.1, 0.15) is 50.5 Å². The zero-order valence-corrected chi connectivity index (χ0v) is 14.3. The van der Waals surface area contributed by atoms with Gasteiger partial charge in [-0.25, -0.2) is 0 Å². The Morgan fingerprint density at radius 3 is 2.83 bits per heavy atom. The van der Waals surface area contributed by atoms with E-state index >= 15 is 0 Å². The van der Waals surface area contributed by atoms with Crippen molar-refractivity contribution in [2.45, 2.75) is 51.4 Å². The first kappa shape index (κ1) is 16.4. The number of benzene rings is 1. The number of hydrogen-bond acceptors (Lipinski definition) is 2. The third-order valence-electron chi connectivity index (χ3n) is 5.51. The summed E-state index contributed by atoms with van der Waals surface area (Å²) in [7, 11) is 1.72. The first-order valence-corrected chi connectivity index (χ1v) is 9.18. The van der Waals surface area contributed by atoms with Crippen LogP contribution in [0.5, 0.6) is 5.75 Å². The quantitative estimate of drug-likeness (QED) is 0.820. The maximum absolute atomic E-state index is 12.6. The number of methoxy groups -OCH3 is 1. The van der Waals surface area contributed by atoms with E-state index in [1.807, 2.05) is 6.07 Å². The summed E-state index contributed by atoms with van der Waals surface area (Å²) in [6.45, 7) is 1.95. The molecule has 1 aliphatic carbocycles. The van der Waals surface area contributed by atoms with Gasteiger partial charge in [0.15, 0.2) is 0 Å². The summed E-state index contributed by atoms with van der Waals surface area (Å²) in [6, 6.07) is 8.36. The number of hydrogen-bond donors (Lipinski definition) is 0. The minimum Gasteiger partial charge on any atom is -0.497 e. The molecular formula is C20H29NO2. The van der Waals surface area contributed by atoms with Crippen molar-refractivity contribution in [3.8, 4) is 5.75 Å². The minimum absolute atomic E-state index is 0.326. The second-order valence-electron chi connectivity index (χ2n) is 7.16. The van der Waals surface area contributed by atoms with Crippen LogP contribution < -0.4 is 4.74 Å². The highest BCUT2D eigenvalue weighted by atomic mass is 16.5. The number of piperidine rings is 1. The van der Waals surface area contributed by atoms with Gasteiger partial charge in [-0.1, -0.05) is 25.0 Å². The van der Waals surface area contributed by atoms with Crippen LogP contribution in [0.4, 0.5) is 0 Å². The van der Waals surface area contributed by atoms with E-state index in [-0.39, 0.29) is 0 Å². The molecule has 3 heteroatoms. The Labute approximate surface area is 140 Å². The van der Waals surface area contributed by atoms with Crippen LogP contribution in [-0.4, -0.2) is 31.0 Å². The molecule has 0 bridgehead atoms. The van der Waals surface area contributed by atoms with Gasteiger partial charge in [0.2, 0.25) is 5.91 Å². The Kier molecular flexibility index (Phi) is 5.58. The van der Waals surface area contributed by atoms with Gasteiger partial charge in [-0.15, -0.1) is 0 Å². The van der Waals surface area contributed by atoms with Gasteiger partial charge in [0.1, 0.15) is 5.75 Å². The second-order valence-corrected chi connectivity index (χ2v) is 7.16. The van der Waals surface area contributed by atoms with Gasteiger partial charge in [0, 0.05) is 19.0 Å².